The van der Waals surface area contributed by atoms with Crippen LogP contribution in [-0.2, 0) is 17.2 Å². The van der Waals surface area contributed by atoms with Crippen LogP contribution >= 0.6 is 0 Å². The Kier molecular flexibility index (Phi) is 4.40. The van der Waals surface area contributed by atoms with Crippen molar-refractivity contribution in [2.75, 3.05) is 19.4 Å². The highest BCUT2D eigenvalue weighted by atomic mass is 32.2. The van der Waals surface area contributed by atoms with E-state index in [0.29, 0.717) is 0 Å². The van der Waals surface area contributed by atoms with Crippen molar-refractivity contribution < 1.29 is 8.95 Å². The van der Waals surface area contributed by atoms with Crippen LogP contribution in [0.4, 0.5) is 0 Å². The Morgan fingerprint density at radius 3 is 2.94 bits per heavy atom. The van der Waals surface area contributed by atoms with Crippen molar-refractivity contribution in [2.24, 2.45) is 0 Å². The Bertz CT molecular complexity index is 447. The molecule has 1 aromatic carbocycles. The molecule has 1 N–H and O–H groups in total. The molecule has 0 aliphatic carbocycles. The molecule has 3 nitrogen and oxygen atoms in total. The zero-order valence-electron chi connectivity index (χ0n) is 11.2. The molecule has 0 fully saturated rings. The fraction of sp³-hybridized carbons (Fsp3) is 0.571. The largest absolute Gasteiger partial charge is 0.493 e. The summed E-state index contributed by atoms with van der Waals surface area (Å²) in [5, 5.41) is 3.62. The molecular weight excluding hydrogens is 246 g/mol. The van der Waals surface area contributed by atoms with Crippen LogP contribution < -0.4 is 10.1 Å². The molecule has 18 heavy (non-hydrogen) atoms. The molecule has 4 heteroatoms. The molecule has 0 amide bonds. The average Bonchev–Trinajstić information content (AvgIpc) is 2.82. The molecular formula is C14H21NO2S. The van der Waals surface area contributed by atoms with Crippen LogP contribution in [0.15, 0.2) is 18.2 Å². The first-order valence-corrected chi connectivity index (χ1v) is 8.01. The van der Waals surface area contributed by atoms with Gasteiger partial charge >= 0.3 is 0 Å². The third-order valence-electron chi connectivity index (χ3n) is 3.49. The molecule has 0 saturated carbocycles. The summed E-state index contributed by atoms with van der Waals surface area (Å²) in [5.74, 6) is 1.02. The smallest absolute Gasteiger partial charge is 0.122 e. The highest BCUT2D eigenvalue weighted by Gasteiger charge is 2.15. The minimum atomic E-state index is -0.765. The molecule has 3 atom stereocenters. The molecule has 0 radical (unpaired) electrons. The number of rotatable bonds is 5. The number of fused-ring (bicyclic) bond motifs is 1. The maximum atomic E-state index is 11.3. The van der Waals surface area contributed by atoms with E-state index in [0.717, 1.165) is 25.3 Å². The SMILES string of the molecule is CC(NCC(C)S(C)=O)c1ccc2c(c1)CCO2. The molecule has 100 valence electrons. The average molecular weight is 267 g/mol. The van der Waals surface area contributed by atoms with Gasteiger partial charge in [0.25, 0.3) is 0 Å². The standard InChI is InChI=1S/C14H21NO2S/c1-10(18(3)16)9-15-11(2)12-4-5-14-13(8-12)6-7-17-14/h4-5,8,10-11,15H,6-7,9H2,1-3H3. The lowest BCUT2D eigenvalue weighted by Gasteiger charge is -2.17. The second kappa shape index (κ2) is 5.85. The van der Waals surface area contributed by atoms with Crippen LogP contribution in [0.5, 0.6) is 5.75 Å². The lowest BCUT2D eigenvalue weighted by Crippen LogP contribution is -2.29. The first-order chi connectivity index (χ1) is 8.58. The molecule has 1 aliphatic rings. The van der Waals surface area contributed by atoms with E-state index in [9.17, 15) is 4.21 Å². The number of benzene rings is 1. The predicted octanol–water partition coefficient (Wildman–Crippen LogP) is 2.04. The zero-order chi connectivity index (χ0) is 13.1. The van der Waals surface area contributed by atoms with E-state index < -0.39 is 10.8 Å². The van der Waals surface area contributed by atoms with Gasteiger partial charge in [-0.2, -0.15) is 0 Å². The summed E-state index contributed by atoms with van der Waals surface area (Å²) in [6.07, 6.45) is 2.76. The van der Waals surface area contributed by atoms with Crippen molar-refractivity contribution >= 4 is 10.8 Å². The molecule has 1 aliphatic heterocycles. The Morgan fingerprint density at radius 2 is 2.22 bits per heavy atom. The van der Waals surface area contributed by atoms with Gasteiger partial charge in [0.05, 0.1) is 6.61 Å². The summed E-state index contributed by atoms with van der Waals surface area (Å²) in [6.45, 7) is 5.72. The molecule has 0 saturated heterocycles. The van der Waals surface area contributed by atoms with Crippen molar-refractivity contribution in [1.29, 1.82) is 0 Å². The number of nitrogens with one attached hydrogen (secondary N) is 1. The fourth-order valence-electron chi connectivity index (χ4n) is 2.05. The lowest BCUT2D eigenvalue weighted by molar-refractivity contribution is 0.356. The van der Waals surface area contributed by atoms with Crippen LogP contribution in [0.1, 0.15) is 31.0 Å². The molecule has 3 unspecified atom stereocenters. The van der Waals surface area contributed by atoms with Crippen LogP contribution in [0, 0.1) is 0 Å². The Morgan fingerprint density at radius 1 is 1.44 bits per heavy atom. The minimum Gasteiger partial charge on any atom is -0.493 e. The second-order valence-corrected chi connectivity index (χ2v) is 6.71. The number of ether oxygens (including phenoxy) is 1. The molecule has 0 aromatic heterocycles. The van der Waals surface area contributed by atoms with E-state index in [1.54, 1.807) is 6.26 Å². The van der Waals surface area contributed by atoms with Gasteiger partial charge in [0.2, 0.25) is 0 Å². The first-order valence-electron chi connectivity index (χ1n) is 6.39. The van der Waals surface area contributed by atoms with Crippen molar-refractivity contribution in [3.8, 4) is 5.75 Å². The summed E-state index contributed by atoms with van der Waals surface area (Å²) >= 11 is 0. The van der Waals surface area contributed by atoms with Crippen molar-refractivity contribution in [3.05, 3.63) is 29.3 Å². The van der Waals surface area contributed by atoms with E-state index in [1.807, 2.05) is 6.92 Å². The van der Waals surface area contributed by atoms with Gasteiger partial charge in [-0.3, -0.25) is 4.21 Å². The third-order valence-corrected chi connectivity index (χ3v) is 4.79. The Labute approximate surface area is 111 Å². The molecule has 0 spiro atoms. The summed E-state index contributed by atoms with van der Waals surface area (Å²) in [4.78, 5) is 0. The van der Waals surface area contributed by atoms with Crippen LogP contribution in [0.3, 0.4) is 0 Å². The fourth-order valence-corrected chi connectivity index (χ4v) is 2.38. The lowest BCUT2D eigenvalue weighted by atomic mass is 10.0. The molecule has 1 heterocycles. The predicted molar refractivity (Wildman–Crippen MR) is 75.6 cm³/mol. The van der Waals surface area contributed by atoms with E-state index in [1.165, 1.54) is 11.1 Å². The van der Waals surface area contributed by atoms with E-state index in [-0.39, 0.29) is 11.3 Å². The van der Waals surface area contributed by atoms with Crippen molar-refractivity contribution in [2.45, 2.75) is 31.6 Å². The Hall–Kier alpha value is -0.870. The van der Waals surface area contributed by atoms with Gasteiger partial charge in [-0.1, -0.05) is 12.1 Å². The maximum absolute atomic E-state index is 11.3. The normalized spacial score (nSPS) is 18.8. The van der Waals surface area contributed by atoms with Gasteiger partial charge in [-0.25, -0.2) is 0 Å². The van der Waals surface area contributed by atoms with Gasteiger partial charge in [0, 0.05) is 41.3 Å². The molecule has 2 rings (SSSR count). The molecule has 0 bridgehead atoms. The van der Waals surface area contributed by atoms with Gasteiger partial charge in [0.1, 0.15) is 5.75 Å². The van der Waals surface area contributed by atoms with E-state index >= 15 is 0 Å². The topological polar surface area (TPSA) is 38.3 Å². The minimum absolute atomic E-state index is 0.185. The highest BCUT2D eigenvalue weighted by Crippen LogP contribution is 2.28. The molecule has 1 aromatic rings. The first kappa shape index (κ1) is 13.6. The van der Waals surface area contributed by atoms with Crippen LogP contribution in [0.2, 0.25) is 0 Å². The van der Waals surface area contributed by atoms with E-state index in [4.69, 9.17) is 4.74 Å². The third kappa shape index (κ3) is 3.12. The van der Waals surface area contributed by atoms with Gasteiger partial charge in [0.15, 0.2) is 0 Å². The van der Waals surface area contributed by atoms with E-state index in [2.05, 4.69) is 30.4 Å². The maximum Gasteiger partial charge on any atom is 0.122 e. The monoisotopic (exact) mass is 267 g/mol. The van der Waals surface area contributed by atoms with Gasteiger partial charge in [-0.05, 0) is 31.0 Å². The van der Waals surface area contributed by atoms with Gasteiger partial charge in [-0.15, -0.1) is 0 Å². The van der Waals surface area contributed by atoms with Crippen molar-refractivity contribution in [3.63, 3.8) is 0 Å². The zero-order valence-corrected chi connectivity index (χ0v) is 12.0. The summed E-state index contributed by atoms with van der Waals surface area (Å²) in [7, 11) is -0.765. The highest BCUT2D eigenvalue weighted by molar-refractivity contribution is 7.84. The Balaban J connectivity index is 1.97. The summed E-state index contributed by atoms with van der Waals surface area (Å²) in [5.41, 5.74) is 2.57. The van der Waals surface area contributed by atoms with Crippen molar-refractivity contribution in [1.82, 2.24) is 5.32 Å². The van der Waals surface area contributed by atoms with Gasteiger partial charge < -0.3 is 10.1 Å². The quantitative estimate of drug-likeness (QED) is 0.887. The second-order valence-electron chi connectivity index (χ2n) is 4.90. The summed E-state index contributed by atoms with van der Waals surface area (Å²) in [6, 6.07) is 6.65. The number of hydrogen-bond acceptors (Lipinski definition) is 3. The van der Waals surface area contributed by atoms with Crippen LogP contribution in [0.25, 0.3) is 0 Å². The number of hydrogen-bond donors (Lipinski definition) is 1. The summed E-state index contributed by atoms with van der Waals surface area (Å²) < 4.78 is 16.8. The van der Waals surface area contributed by atoms with Crippen LogP contribution in [-0.4, -0.2) is 28.9 Å².